The van der Waals surface area contributed by atoms with Crippen LogP contribution >= 0.6 is 16.1 Å². The Bertz CT molecular complexity index is 190. The Morgan fingerprint density at radius 1 is 0.929 bits per heavy atom. The van der Waals surface area contributed by atoms with Crippen LogP contribution in [0.1, 0.15) is 12.8 Å². The van der Waals surface area contributed by atoms with E-state index in [1.807, 2.05) is 0 Å². The molecule has 0 N–H and O–H groups in total. The molecule has 2 fully saturated rings. The number of ether oxygens (including phenoxy) is 2. The Hall–Kier alpha value is -0.460. The quantitative estimate of drug-likeness (QED) is 0.472. The third-order valence-electron chi connectivity index (χ3n) is 1.73. The normalized spacial score (nSPS) is 21.9. The van der Waals surface area contributed by atoms with Gasteiger partial charge in [0.2, 0.25) is 11.8 Å². The van der Waals surface area contributed by atoms with Crippen molar-refractivity contribution in [1.82, 2.24) is 3.93 Å². The maximum absolute atomic E-state index is 10.4. The van der Waals surface area contributed by atoms with Gasteiger partial charge < -0.3 is 9.47 Å². The summed E-state index contributed by atoms with van der Waals surface area (Å²) in [6.07, 6.45) is 0.703. The van der Waals surface area contributed by atoms with Crippen molar-refractivity contribution < 1.29 is 19.1 Å². The zero-order valence-electron chi connectivity index (χ0n) is 7.70. The summed E-state index contributed by atoms with van der Waals surface area (Å²) in [6, 6.07) is 0. The second-order valence-electron chi connectivity index (χ2n) is 2.79. The van der Waals surface area contributed by atoms with Crippen molar-refractivity contribution in [3.05, 3.63) is 0 Å². The van der Waals surface area contributed by atoms with Crippen LogP contribution in [-0.2, 0) is 19.1 Å². The first-order valence-corrected chi connectivity index (χ1v) is 5.10. The Kier molecular flexibility index (Phi) is 5.06. The molecule has 0 aliphatic carbocycles. The van der Waals surface area contributed by atoms with Crippen LogP contribution in [0.15, 0.2) is 0 Å². The van der Waals surface area contributed by atoms with Crippen molar-refractivity contribution in [2.24, 2.45) is 0 Å². The van der Waals surface area contributed by atoms with Gasteiger partial charge in [0, 0.05) is 12.8 Å². The first-order valence-electron chi connectivity index (χ1n) is 4.39. The molecule has 0 radical (unpaired) electrons. The molecule has 0 atom stereocenters. The first kappa shape index (κ1) is 11.6. The average Bonchev–Trinajstić information content (AvgIpc) is 2.53. The smallest absolute Gasteiger partial charge is 0.239 e. The number of nitrogens with zero attached hydrogens (tertiary/aromatic N) is 1. The van der Waals surface area contributed by atoms with Crippen LogP contribution in [0.3, 0.4) is 0 Å². The zero-order valence-corrected chi connectivity index (χ0v) is 9.29. The summed E-state index contributed by atoms with van der Waals surface area (Å²) < 4.78 is 10.9. The molecule has 80 valence electrons. The number of imide groups is 1. The van der Waals surface area contributed by atoms with E-state index in [1.54, 1.807) is 0 Å². The van der Waals surface area contributed by atoms with E-state index in [0.717, 1.165) is 30.4 Å². The maximum atomic E-state index is 10.4. The van der Waals surface area contributed by atoms with E-state index in [9.17, 15) is 9.59 Å². The lowest BCUT2D eigenvalue weighted by atomic mass is 10.4. The van der Waals surface area contributed by atoms with Crippen molar-refractivity contribution in [2.75, 3.05) is 26.4 Å². The Balaban J connectivity index is 0.000000146. The molecule has 0 aromatic rings. The van der Waals surface area contributed by atoms with Gasteiger partial charge >= 0.3 is 0 Å². The fourth-order valence-corrected chi connectivity index (χ4v) is 1.34. The fourth-order valence-electron chi connectivity index (χ4n) is 0.989. The summed E-state index contributed by atoms with van der Waals surface area (Å²) in [7, 11) is 0. The van der Waals surface area contributed by atoms with E-state index < -0.39 is 0 Å². The number of carbonyl (C=O) groups is 2. The minimum Gasteiger partial charge on any atom is -0.377 e. The van der Waals surface area contributed by atoms with Gasteiger partial charge in [-0.15, -0.1) is 0 Å². The fraction of sp³-hybridized carbons (Fsp3) is 0.750. The van der Waals surface area contributed by atoms with Gasteiger partial charge in [-0.05, 0) is 0 Å². The van der Waals surface area contributed by atoms with Crippen molar-refractivity contribution >= 4 is 28.0 Å². The van der Waals surface area contributed by atoms with Gasteiger partial charge in [-0.1, -0.05) is 0 Å². The molecule has 0 saturated carbocycles. The van der Waals surface area contributed by atoms with Crippen LogP contribution in [0, 0.1) is 0 Å². The lowest BCUT2D eigenvalue weighted by Gasteiger charge is -2.09. The van der Waals surface area contributed by atoms with Crippen LogP contribution in [0.2, 0.25) is 0 Å². The van der Waals surface area contributed by atoms with Crippen LogP contribution in [0.5, 0.6) is 0 Å². The Morgan fingerprint density at radius 2 is 1.29 bits per heavy atom. The Morgan fingerprint density at radius 3 is 1.43 bits per heavy atom. The van der Waals surface area contributed by atoms with Crippen LogP contribution in [-0.4, -0.2) is 42.2 Å². The van der Waals surface area contributed by atoms with Crippen molar-refractivity contribution in [2.45, 2.75) is 12.8 Å². The third-order valence-corrected chi connectivity index (χ3v) is 2.53. The van der Waals surface area contributed by atoms with E-state index in [0.29, 0.717) is 12.8 Å². The van der Waals surface area contributed by atoms with Gasteiger partial charge in [-0.2, -0.15) is 0 Å². The van der Waals surface area contributed by atoms with Gasteiger partial charge in [0.1, 0.15) is 0 Å². The summed E-state index contributed by atoms with van der Waals surface area (Å²) in [6.45, 7) is 3.11. The van der Waals surface area contributed by atoms with Gasteiger partial charge in [-0.25, -0.2) is 3.93 Å². The molecule has 2 aliphatic rings. The molecule has 5 nitrogen and oxygen atoms in total. The predicted molar refractivity (Wildman–Crippen MR) is 51.7 cm³/mol. The summed E-state index contributed by atoms with van der Waals surface area (Å²) in [5, 5.41) is 0. The minimum atomic E-state index is -0.144. The topological polar surface area (TPSA) is 55.8 Å². The number of hydrogen-bond acceptors (Lipinski definition) is 4. The summed E-state index contributed by atoms with van der Waals surface area (Å²) >= 11 is 2.80. The van der Waals surface area contributed by atoms with Crippen LogP contribution < -0.4 is 0 Å². The van der Waals surface area contributed by atoms with E-state index in [4.69, 9.17) is 9.47 Å². The largest absolute Gasteiger partial charge is 0.377 e. The summed E-state index contributed by atoms with van der Waals surface area (Å²) in [5.41, 5.74) is 0. The molecule has 0 spiro atoms. The third kappa shape index (κ3) is 3.73. The highest BCUT2D eigenvalue weighted by atomic mass is 79.9. The van der Waals surface area contributed by atoms with Gasteiger partial charge in [0.05, 0.1) is 42.6 Å². The lowest BCUT2D eigenvalue weighted by Crippen LogP contribution is -2.16. The predicted octanol–water partition coefficient (Wildman–Crippen LogP) is 0.478. The molecule has 0 aromatic heterocycles. The zero-order chi connectivity index (χ0) is 10.4. The molecule has 2 rings (SSSR count). The van der Waals surface area contributed by atoms with Crippen LogP contribution in [0.4, 0.5) is 0 Å². The molecule has 0 aromatic carbocycles. The first-order chi connectivity index (χ1) is 6.72. The SMILES string of the molecule is C1COCCO1.O=C1CCC(=O)N1Br. The number of halogens is 1. The monoisotopic (exact) mass is 265 g/mol. The van der Waals surface area contributed by atoms with E-state index in [2.05, 4.69) is 16.1 Å². The van der Waals surface area contributed by atoms with Crippen molar-refractivity contribution in [3.8, 4) is 0 Å². The second kappa shape index (κ2) is 6.10. The standard InChI is InChI=1S/C4H4BrNO2.C4H8O2/c5-6-3(7)1-2-4(6)8;1-2-6-4-3-5-1/h1-2H2;1-4H2. The molecule has 2 saturated heterocycles. The number of rotatable bonds is 0. The summed E-state index contributed by atoms with van der Waals surface area (Å²) in [4.78, 5) is 20.9. The van der Waals surface area contributed by atoms with E-state index in [-0.39, 0.29) is 11.8 Å². The van der Waals surface area contributed by atoms with Crippen molar-refractivity contribution in [1.29, 1.82) is 0 Å². The average molecular weight is 266 g/mol. The van der Waals surface area contributed by atoms with E-state index >= 15 is 0 Å². The van der Waals surface area contributed by atoms with Crippen LogP contribution in [0.25, 0.3) is 0 Å². The molecule has 0 bridgehead atoms. The highest BCUT2D eigenvalue weighted by Crippen LogP contribution is 2.14. The van der Waals surface area contributed by atoms with Crippen molar-refractivity contribution in [3.63, 3.8) is 0 Å². The highest BCUT2D eigenvalue weighted by molar-refractivity contribution is 9.08. The lowest BCUT2D eigenvalue weighted by molar-refractivity contribution is -0.131. The molecular weight excluding hydrogens is 254 g/mol. The minimum absolute atomic E-state index is 0.144. The maximum Gasteiger partial charge on any atom is 0.239 e. The molecule has 2 amide bonds. The van der Waals surface area contributed by atoms with Gasteiger partial charge in [-0.3, -0.25) is 9.59 Å². The van der Waals surface area contributed by atoms with Gasteiger partial charge in [0.25, 0.3) is 0 Å². The highest BCUT2D eigenvalue weighted by Gasteiger charge is 2.26. The molecule has 2 heterocycles. The number of carbonyl (C=O) groups excluding carboxylic acids is 2. The molecule has 0 unspecified atom stereocenters. The van der Waals surface area contributed by atoms with Gasteiger partial charge in [0.15, 0.2) is 0 Å². The molecular formula is C8H12BrNO4. The van der Waals surface area contributed by atoms with E-state index in [1.165, 1.54) is 0 Å². The Labute approximate surface area is 90.7 Å². The number of amides is 2. The summed E-state index contributed by atoms with van der Waals surface area (Å²) in [5.74, 6) is -0.287. The second-order valence-corrected chi connectivity index (χ2v) is 3.50. The number of hydrogen-bond donors (Lipinski definition) is 0. The molecule has 2 aliphatic heterocycles. The molecule has 6 heteroatoms. The molecule has 14 heavy (non-hydrogen) atoms.